The van der Waals surface area contributed by atoms with Gasteiger partial charge in [-0.1, -0.05) is 23.7 Å². The van der Waals surface area contributed by atoms with Crippen LogP contribution in [-0.2, 0) is 4.74 Å². The molecule has 13 heavy (non-hydrogen) atoms. The normalized spacial score (nSPS) is 16.8. The van der Waals surface area contributed by atoms with Crippen LogP contribution < -0.4 is 5.32 Å². The summed E-state index contributed by atoms with van der Waals surface area (Å²) in [6, 6.07) is 6.43. The lowest BCUT2D eigenvalue weighted by Gasteiger charge is -2.28. The van der Waals surface area contributed by atoms with Crippen molar-refractivity contribution >= 4 is 17.3 Å². The first kappa shape index (κ1) is 8.85. The third-order valence-electron chi connectivity index (χ3n) is 2.19. The van der Waals surface area contributed by atoms with E-state index in [2.05, 4.69) is 5.32 Å². The second kappa shape index (κ2) is 3.56. The van der Waals surface area contributed by atoms with Crippen molar-refractivity contribution in [3.8, 4) is 0 Å². The van der Waals surface area contributed by atoms with E-state index in [0.717, 1.165) is 29.5 Å². The number of rotatable bonds is 2. The zero-order valence-corrected chi connectivity index (χ0v) is 8.27. The molecule has 0 saturated carbocycles. The van der Waals surface area contributed by atoms with E-state index < -0.39 is 0 Å². The van der Waals surface area contributed by atoms with E-state index in [0.29, 0.717) is 6.04 Å². The molecule has 0 bridgehead atoms. The van der Waals surface area contributed by atoms with Crippen molar-refractivity contribution < 1.29 is 4.74 Å². The van der Waals surface area contributed by atoms with Crippen LogP contribution in [0.4, 0.5) is 5.69 Å². The molecule has 1 aliphatic rings. The molecule has 0 atom stereocenters. The van der Waals surface area contributed by atoms with Gasteiger partial charge in [0.15, 0.2) is 0 Å². The minimum atomic E-state index is 0.430. The van der Waals surface area contributed by atoms with Crippen LogP contribution in [0.2, 0.25) is 5.02 Å². The lowest BCUT2D eigenvalue weighted by molar-refractivity contribution is 0.0211. The number of benzene rings is 1. The van der Waals surface area contributed by atoms with E-state index in [1.807, 2.05) is 25.1 Å². The molecule has 0 amide bonds. The molecule has 0 spiro atoms. The first-order chi connectivity index (χ1) is 6.27. The van der Waals surface area contributed by atoms with E-state index in [1.54, 1.807) is 0 Å². The number of nitrogens with one attached hydrogen (secondary N) is 1. The fourth-order valence-electron chi connectivity index (χ4n) is 1.30. The Kier molecular flexibility index (Phi) is 2.42. The topological polar surface area (TPSA) is 21.3 Å². The number of hydrogen-bond donors (Lipinski definition) is 1. The average molecular weight is 198 g/mol. The first-order valence-electron chi connectivity index (χ1n) is 4.37. The monoisotopic (exact) mass is 197 g/mol. The highest BCUT2D eigenvalue weighted by Crippen LogP contribution is 2.26. The number of halogens is 1. The molecule has 3 heteroatoms. The van der Waals surface area contributed by atoms with Crippen LogP contribution >= 0.6 is 11.6 Å². The summed E-state index contributed by atoms with van der Waals surface area (Å²) in [6.07, 6.45) is 0. The van der Waals surface area contributed by atoms with Crippen molar-refractivity contribution in [1.29, 1.82) is 0 Å². The van der Waals surface area contributed by atoms with Gasteiger partial charge in [-0.2, -0.15) is 0 Å². The van der Waals surface area contributed by atoms with Crippen LogP contribution in [0, 0.1) is 6.92 Å². The van der Waals surface area contributed by atoms with Crippen molar-refractivity contribution in [2.24, 2.45) is 0 Å². The molecule has 0 radical (unpaired) electrons. The van der Waals surface area contributed by atoms with E-state index in [4.69, 9.17) is 16.3 Å². The summed E-state index contributed by atoms with van der Waals surface area (Å²) in [4.78, 5) is 0. The standard InChI is InChI=1S/C10H12ClNO/c1-7-3-2-4-9(10(7)11)12-8-5-13-6-8/h2-4,8,12H,5-6H2,1H3. The third-order valence-corrected chi connectivity index (χ3v) is 2.69. The van der Waals surface area contributed by atoms with Crippen LogP contribution in [0.5, 0.6) is 0 Å². The average Bonchev–Trinajstić information content (AvgIpc) is 2.04. The molecule has 1 saturated heterocycles. The highest BCUT2D eigenvalue weighted by molar-refractivity contribution is 6.34. The van der Waals surface area contributed by atoms with Crippen molar-refractivity contribution in [1.82, 2.24) is 0 Å². The van der Waals surface area contributed by atoms with Crippen LogP contribution in [0.1, 0.15) is 5.56 Å². The van der Waals surface area contributed by atoms with E-state index in [9.17, 15) is 0 Å². The Hall–Kier alpha value is -0.730. The number of hydrogen-bond acceptors (Lipinski definition) is 2. The zero-order chi connectivity index (χ0) is 9.26. The van der Waals surface area contributed by atoms with E-state index in [-0.39, 0.29) is 0 Å². The predicted molar refractivity (Wildman–Crippen MR) is 54.4 cm³/mol. The van der Waals surface area contributed by atoms with Crippen molar-refractivity contribution in [3.05, 3.63) is 28.8 Å². The quantitative estimate of drug-likeness (QED) is 0.787. The predicted octanol–water partition coefficient (Wildman–Crippen LogP) is 2.46. The number of ether oxygens (including phenoxy) is 1. The molecule has 1 N–H and O–H groups in total. The molecule has 0 aliphatic carbocycles. The van der Waals surface area contributed by atoms with Gasteiger partial charge in [0.05, 0.1) is 30.0 Å². The van der Waals surface area contributed by atoms with Crippen molar-refractivity contribution in [2.45, 2.75) is 13.0 Å². The summed E-state index contributed by atoms with van der Waals surface area (Å²) < 4.78 is 5.07. The Morgan fingerprint density at radius 3 is 2.85 bits per heavy atom. The van der Waals surface area contributed by atoms with Gasteiger partial charge in [-0.25, -0.2) is 0 Å². The minimum Gasteiger partial charge on any atom is -0.377 e. The molecular weight excluding hydrogens is 186 g/mol. The number of aryl methyl sites for hydroxylation is 1. The van der Waals surface area contributed by atoms with E-state index in [1.165, 1.54) is 0 Å². The summed E-state index contributed by atoms with van der Waals surface area (Å²) in [7, 11) is 0. The molecule has 0 unspecified atom stereocenters. The maximum absolute atomic E-state index is 6.12. The summed E-state index contributed by atoms with van der Waals surface area (Å²) in [6.45, 7) is 3.57. The lowest BCUT2D eigenvalue weighted by atomic mass is 10.2. The Bertz CT molecular complexity index is 310. The Morgan fingerprint density at radius 1 is 1.46 bits per heavy atom. The van der Waals surface area contributed by atoms with Gasteiger partial charge < -0.3 is 10.1 Å². The molecule has 1 heterocycles. The fourth-order valence-corrected chi connectivity index (χ4v) is 1.48. The third kappa shape index (κ3) is 1.79. The van der Waals surface area contributed by atoms with Gasteiger partial charge in [-0.15, -0.1) is 0 Å². The second-order valence-electron chi connectivity index (χ2n) is 3.32. The molecule has 1 aromatic rings. The molecule has 1 aromatic carbocycles. The SMILES string of the molecule is Cc1cccc(NC2COC2)c1Cl. The molecule has 2 nitrogen and oxygen atoms in total. The Labute approximate surface area is 82.9 Å². The second-order valence-corrected chi connectivity index (χ2v) is 3.69. The van der Waals surface area contributed by atoms with Gasteiger partial charge in [0.1, 0.15) is 0 Å². The van der Waals surface area contributed by atoms with Gasteiger partial charge in [0, 0.05) is 0 Å². The van der Waals surface area contributed by atoms with Crippen LogP contribution in [0.3, 0.4) is 0 Å². The smallest absolute Gasteiger partial charge is 0.0729 e. The molecular formula is C10H12ClNO. The minimum absolute atomic E-state index is 0.430. The summed E-state index contributed by atoms with van der Waals surface area (Å²) in [5.74, 6) is 0. The fraction of sp³-hybridized carbons (Fsp3) is 0.400. The maximum Gasteiger partial charge on any atom is 0.0729 e. The van der Waals surface area contributed by atoms with Gasteiger partial charge in [-0.3, -0.25) is 0 Å². The molecule has 0 aromatic heterocycles. The van der Waals surface area contributed by atoms with Crippen LogP contribution in [-0.4, -0.2) is 19.3 Å². The zero-order valence-electron chi connectivity index (χ0n) is 7.51. The van der Waals surface area contributed by atoms with Crippen molar-refractivity contribution in [3.63, 3.8) is 0 Å². The Balaban J connectivity index is 2.14. The highest BCUT2D eigenvalue weighted by atomic mass is 35.5. The highest BCUT2D eigenvalue weighted by Gasteiger charge is 2.18. The van der Waals surface area contributed by atoms with Gasteiger partial charge >= 0.3 is 0 Å². The summed E-state index contributed by atoms with van der Waals surface area (Å²) >= 11 is 6.12. The molecule has 70 valence electrons. The summed E-state index contributed by atoms with van der Waals surface area (Å²) in [5, 5.41) is 4.14. The first-order valence-corrected chi connectivity index (χ1v) is 4.74. The van der Waals surface area contributed by atoms with Crippen LogP contribution in [0.15, 0.2) is 18.2 Å². The molecule has 1 fully saturated rings. The lowest BCUT2D eigenvalue weighted by Crippen LogP contribution is -2.40. The molecule has 2 rings (SSSR count). The Morgan fingerprint density at radius 2 is 2.23 bits per heavy atom. The van der Waals surface area contributed by atoms with Crippen molar-refractivity contribution in [2.75, 3.05) is 18.5 Å². The van der Waals surface area contributed by atoms with Gasteiger partial charge in [-0.05, 0) is 18.6 Å². The van der Waals surface area contributed by atoms with Gasteiger partial charge in [0.2, 0.25) is 0 Å². The van der Waals surface area contributed by atoms with Gasteiger partial charge in [0.25, 0.3) is 0 Å². The van der Waals surface area contributed by atoms with E-state index >= 15 is 0 Å². The molecule has 1 aliphatic heterocycles. The maximum atomic E-state index is 6.12. The number of anilines is 1. The largest absolute Gasteiger partial charge is 0.377 e. The summed E-state index contributed by atoms with van der Waals surface area (Å²) in [5.41, 5.74) is 2.11. The van der Waals surface area contributed by atoms with Crippen LogP contribution in [0.25, 0.3) is 0 Å².